The number of amides is 1. The van der Waals surface area contributed by atoms with Gasteiger partial charge >= 0.3 is 0 Å². The fourth-order valence-corrected chi connectivity index (χ4v) is 2.79. The number of piperidine rings is 1. The summed E-state index contributed by atoms with van der Waals surface area (Å²) >= 11 is 1.35. The monoisotopic (exact) mass is 289 g/mol. The minimum absolute atomic E-state index is 0.0832. The lowest BCUT2D eigenvalue weighted by molar-refractivity contribution is -0.0921. The van der Waals surface area contributed by atoms with Gasteiger partial charge in [0.05, 0.1) is 0 Å². The molecule has 0 bridgehead atoms. The molecule has 2 heterocycles. The molecular weight excluding hydrogens is 272 g/mol. The van der Waals surface area contributed by atoms with Crippen LogP contribution in [0.2, 0.25) is 0 Å². The molecule has 2 rings (SSSR count). The van der Waals surface area contributed by atoms with Gasteiger partial charge in [-0.1, -0.05) is 6.92 Å². The lowest BCUT2D eigenvalue weighted by Gasteiger charge is -2.36. The molecule has 0 spiro atoms. The Labute approximate surface area is 114 Å². The number of aromatic nitrogens is 1. The van der Waals surface area contributed by atoms with Crippen molar-refractivity contribution < 1.29 is 13.6 Å². The number of nitrogens with zero attached hydrogens (tertiary/aromatic N) is 2. The lowest BCUT2D eigenvalue weighted by atomic mass is 9.95. The molecule has 106 valence electrons. The van der Waals surface area contributed by atoms with Crippen LogP contribution in [0.3, 0.4) is 0 Å². The van der Waals surface area contributed by atoms with Crippen LogP contribution in [0.1, 0.15) is 30.8 Å². The standard InChI is InChI=1S/C12H17F2N3OS/c1-3-15-11-16-9(7-19-11)10(18)17-5-4-12(13,14)8(2)6-17/h7-8H,3-6H2,1-2H3,(H,15,16)/t8-/m0/s1. The predicted octanol–water partition coefficient (Wildman–Crippen LogP) is 2.69. The van der Waals surface area contributed by atoms with E-state index in [-0.39, 0.29) is 25.4 Å². The fraction of sp³-hybridized carbons (Fsp3) is 0.667. The first-order valence-electron chi connectivity index (χ1n) is 6.30. The smallest absolute Gasteiger partial charge is 0.273 e. The number of thiazole rings is 1. The van der Waals surface area contributed by atoms with E-state index in [4.69, 9.17) is 0 Å². The van der Waals surface area contributed by atoms with Crippen molar-refractivity contribution in [2.75, 3.05) is 25.0 Å². The minimum atomic E-state index is -2.67. The van der Waals surface area contributed by atoms with Crippen LogP contribution in [0.5, 0.6) is 0 Å². The third-order valence-corrected chi connectivity index (χ3v) is 4.07. The first-order valence-corrected chi connectivity index (χ1v) is 7.18. The summed E-state index contributed by atoms with van der Waals surface area (Å²) in [5, 5.41) is 5.37. The summed E-state index contributed by atoms with van der Waals surface area (Å²) in [6, 6.07) is 0. The zero-order valence-corrected chi connectivity index (χ0v) is 11.8. The normalized spacial score (nSPS) is 22.3. The molecule has 19 heavy (non-hydrogen) atoms. The van der Waals surface area contributed by atoms with Gasteiger partial charge in [-0.3, -0.25) is 4.79 Å². The van der Waals surface area contributed by atoms with E-state index < -0.39 is 11.8 Å². The molecule has 1 aromatic heterocycles. The van der Waals surface area contributed by atoms with E-state index in [2.05, 4.69) is 10.3 Å². The second-order valence-corrected chi connectivity index (χ2v) is 5.59. The van der Waals surface area contributed by atoms with Crippen molar-refractivity contribution in [2.24, 2.45) is 5.92 Å². The Morgan fingerprint density at radius 2 is 2.42 bits per heavy atom. The second-order valence-electron chi connectivity index (χ2n) is 4.73. The van der Waals surface area contributed by atoms with E-state index in [1.165, 1.54) is 23.2 Å². The molecule has 1 fully saturated rings. The van der Waals surface area contributed by atoms with Crippen molar-refractivity contribution in [2.45, 2.75) is 26.2 Å². The zero-order valence-electron chi connectivity index (χ0n) is 10.9. The molecule has 4 nitrogen and oxygen atoms in total. The number of rotatable bonds is 3. The Morgan fingerprint density at radius 1 is 1.68 bits per heavy atom. The maximum Gasteiger partial charge on any atom is 0.273 e. The van der Waals surface area contributed by atoms with Crippen LogP contribution in [0.4, 0.5) is 13.9 Å². The molecule has 7 heteroatoms. The molecule has 0 aromatic carbocycles. The van der Waals surface area contributed by atoms with Crippen molar-refractivity contribution in [3.63, 3.8) is 0 Å². The highest BCUT2D eigenvalue weighted by Crippen LogP contribution is 2.33. The third-order valence-electron chi connectivity index (χ3n) is 3.27. The Morgan fingerprint density at radius 3 is 3.05 bits per heavy atom. The summed E-state index contributed by atoms with van der Waals surface area (Å²) < 4.78 is 26.8. The molecule has 1 saturated heterocycles. The quantitative estimate of drug-likeness (QED) is 0.930. The number of carbonyl (C=O) groups excluding carboxylic acids is 1. The maximum atomic E-state index is 13.4. The van der Waals surface area contributed by atoms with Gasteiger partial charge in [0.25, 0.3) is 11.8 Å². The molecule has 1 amide bonds. The Kier molecular flexibility index (Phi) is 4.03. The van der Waals surface area contributed by atoms with Gasteiger partial charge in [-0.05, 0) is 6.92 Å². The number of alkyl halides is 2. The van der Waals surface area contributed by atoms with Crippen LogP contribution >= 0.6 is 11.3 Å². The molecule has 0 radical (unpaired) electrons. The van der Waals surface area contributed by atoms with Crippen LogP contribution in [0.25, 0.3) is 0 Å². The van der Waals surface area contributed by atoms with Gasteiger partial charge in [0.1, 0.15) is 5.69 Å². The van der Waals surface area contributed by atoms with Gasteiger partial charge in [-0.15, -0.1) is 11.3 Å². The maximum absolute atomic E-state index is 13.4. The van der Waals surface area contributed by atoms with E-state index in [9.17, 15) is 13.6 Å². The van der Waals surface area contributed by atoms with Gasteiger partial charge in [0.2, 0.25) is 0 Å². The second kappa shape index (κ2) is 5.40. The number of nitrogens with one attached hydrogen (secondary N) is 1. The summed E-state index contributed by atoms with van der Waals surface area (Å²) in [7, 11) is 0. The first kappa shape index (κ1) is 14.2. The van der Waals surface area contributed by atoms with Crippen LogP contribution in [0, 0.1) is 5.92 Å². The molecule has 1 atom stereocenters. The lowest BCUT2D eigenvalue weighted by Crippen LogP contribution is -2.48. The number of halogens is 2. The van der Waals surface area contributed by atoms with Crippen LogP contribution in [0.15, 0.2) is 5.38 Å². The van der Waals surface area contributed by atoms with E-state index in [1.807, 2.05) is 6.92 Å². The number of likely N-dealkylation sites (tertiary alicyclic amines) is 1. The van der Waals surface area contributed by atoms with Gasteiger partial charge < -0.3 is 10.2 Å². The molecule has 1 aliphatic rings. The summed E-state index contributed by atoms with van der Waals surface area (Å²) in [5.41, 5.74) is 0.332. The highest BCUT2D eigenvalue weighted by Gasteiger charge is 2.42. The third kappa shape index (κ3) is 3.02. The Balaban J connectivity index is 2.03. The molecule has 1 aliphatic heterocycles. The average molecular weight is 289 g/mol. The summed E-state index contributed by atoms with van der Waals surface area (Å²) in [6.45, 7) is 4.32. The Bertz CT molecular complexity index is 464. The summed E-state index contributed by atoms with van der Waals surface area (Å²) in [4.78, 5) is 17.8. The first-order chi connectivity index (χ1) is 8.94. The van der Waals surface area contributed by atoms with E-state index >= 15 is 0 Å². The SMILES string of the molecule is CCNc1nc(C(=O)N2CCC(F)(F)[C@@H](C)C2)cs1. The topological polar surface area (TPSA) is 45.2 Å². The molecule has 0 unspecified atom stereocenters. The van der Waals surface area contributed by atoms with Crippen LogP contribution in [-0.2, 0) is 0 Å². The van der Waals surface area contributed by atoms with Gasteiger partial charge in [0.15, 0.2) is 5.13 Å². The molecule has 1 N–H and O–H groups in total. The van der Waals surface area contributed by atoms with Crippen molar-refractivity contribution in [3.8, 4) is 0 Å². The highest BCUT2D eigenvalue weighted by atomic mass is 32.1. The molecule has 0 aliphatic carbocycles. The van der Waals surface area contributed by atoms with E-state index in [0.29, 0.717) is 10.8 Å². The number of anilines is 1. The van der Waals surface area contributed by atoms with Crippen molar-refractivity contribution in [1.29, 1.82) is 0 Å². The van der Waals surface area contributed by atoms with Crippen molar-refractivity contribution in [3.05, 3.63) is 11.1 Å². The van der Waals surface area contributed by atoms with Crippen LogP contribution in [-0.4, -0.2) is 41.3 Å². The van der Waals surface area contributed by atoms with Crippen molar-refractivity contribution >= 4 is 22.4 Å². The largest absolute Gasteiger partial charge is 0.362 e. The molecule has 0 saturated carbocycles. The van der Waals surface area contributed by atoms with Gasteiger partial charge in [0, 0.05) is 37.4 Å². The van der Waals surface area contributed by atoms with Crippen molar-refractivity contribution in [1.82, 2.24) is 9.88 Å². The summed E-state index contributed by atoms with van der Waals surface area (Å²) in [6.07, 6.45) is -0.274. The number of hydrogen-bond donors (Lipinski definition) is 1. The summed E-state index contributed by atoms with van der Waals surface area (Å²) in [5.74, 6) is -3.74. The highest BCUT2D eigenvalue weighted by molar-refractivity contribution is 7.13. The van der Waals surface area contributed by atoms with E-state index in [1.54, 1.807) is 5.38 Å². The predicted molar refractivity (Wildman–Crippen MR) is 70.9 cm³/mol. The fourth-order valence-electron chi connectivity index (χ4n) is 2.04. The van der Waals surface area contributed by atoms with Crippen LogP contribution < -0.4 is 5.32 Å². The van der Waals surface area contributed by atoms with Gasteiger partial charge in [-0.25, -0.2) is 13.8 Å². The number of carbonyl (C=O) groups is 1. The van der Waals surface area contributed by atoms with Gasteiger partial charge in [-0.2, -0.15) is 0 Å². The van der Waals surface area contributed by atoms with E-state index in [0.717, 1.165) is 6.54 Å². The zero-order chi connectivity index (χ0) is 14.0. The Hall–Kier alpha value is -1.24. The molecule has 1 aromatic rings. The molecular formula is C12H17F2N3OS. The minimum Gasteiger partial charge on any atom is -0.362 e. The average Bonchev–Trinajstić information content (AvgIpc) is 2.81. The number of hydrogen-bond acceptors (Lipinski definition) is 4.